The highest BCUT2D eigenvalue weighted by Gasteiger charge is 2.38. The van der Waals surface area contributed by atoms with Crippen LogP contribution in [0.5, 0.6) is 0 Å². The Kier molecular flexibility index (Phi) is 3.73. The molecule has 108 valence electrons. The number of hydrogen-bond acceptors (Lipinski definition) is 4. The van der Waals surface area contributed by atoms with E-state index in [2.05, 4.69) is 0 Å². The molecule has 0 aliphatic carbocycles. The third-order valence-electron chi connectivity index (χ3n) is 3.84. The monoisotopic (exact) mass is 278 g/mol. The quantitative estimate of drug-likeness (QED) is 0.813. The molecule has 2 aliphatic rings. The van der Waals surface area contributed by atoms with Gasteiger partial charge in [0, 0.05) is 19.5 Å². The van der Waals surface area contributed by atoms with Gasteiger partial charge in [-0.05, 0) is 18.6 Å². The first-order valence-corrected chi connectivity index (χ1v) is 6.94. The minimum Gasteiger partial charge on any atom is -0.467 e. The summed E-state index contributed by atoms with van der Waals surface area (Å²) in [5.74, 6) is 0.763. The predicted octanol–water partition coefficient (Wildman–Crippen LogP) is 0.629. The van der Waals surface area contributed by atoms with Crippen LogP contribution in [0.15, 0.2) is 22.8 Å². The van der Waals surface area contributed by atoms with E-state index in [1.807, 2.05) is 6.07 Å². The Bertz CT molecular complexity index is 479. The van der Waals surface area contributed by atoms with Crippen LogP contribution in [0.4, 0.5) is 0 Å². The minimum atomic E-state index is -0.356. The topological polar surface area (TPSA) is 63.0 Å². The maximum Gasteiger partial charge on any atom is 0.245 e. The number of nitrogens with zero attached hydrogens (tertiary/aromatic N) is 2. The average Bonchev–Trinajstić information content (AvgIpc) is 3.11. The van der Waals surface area contributed by atoms with Gasteiger partial charge in [0.1, 0.15) is 11.8 Å². The van der Waals surface area contributed by atoms with Crippen molar-refractivity contribution in [2.24, 2.45) is 0 Å². The van der Waals surface area contributed by atoms with Crippen molar-refractivity contribution in [1.29, 1.82) is 0 Å². The first-order chi connectivity index (χ1) is 9.75. The molecule has 0 bridgehead atoms. The number of carbonyl (C=O) groups excluding carboxylic acids is 2. The zero-order valence-electron chi connectivity index (χ0n) is 11.3. The van der Waals surface area contributed by atoms with Gasteiger partial charge in [-0.1, -0.05) is 0 Å². The first-order valence-electron chi connectivity index (χ1n) is 6.94. The van der Waals surface area contributed by atoms with E-state index in [0.717, 1.165) is 0 Å². The average molecular weight is 278 g/mol. The number of amides is 2. The molecule has 0 saturated carbocycles. The lowest BCUT2D eigenvalue weighted by Crippen LogP contribution is -2.50. The molecule has 2 amide bonds. The molecule has 0 N–H and O–H groups in total. The van der Waals surface area contributed by atoms with Gasteiger partial charge < -0.3 is 19.0 Å². The second-order valence-electron chi connectivity index (χ2n) is 5.09. The third kappa shape index (κ3) is 2.56. The highest BCUT2D eigenvalue weighted by atomic mass is 16.5. The molecule has 2 aliphatic heterocycles. The summed E-state index contributed by atoms with van der Waals surface area (Å²) in [4.78, 5) is 27.9. The lowest BCUT2D eigenvalue weighted by atomic mass is 10.2. The molecular formula is C14H18N2O4. The van der Waals surface area contributed by atoms with E-state index in [-0.39, 0.29) is 17.9 Å². The molecule has 0 aromatic carbocycles. The standard InChI is InChI=1S/C14H18N2O4/c17-13-4-3-12(14(18)15-5-8-19-9-6-15)16(13)10-11-2-1-7-20-11/h1-2,7,12H,3-6,8-10H2. The number of hydrogen-bond donors (Lipinski definition) is 0. The molecule has 1 unspecified atom stereocenters. The van der Waals surface area contributed by atoms with Gasteiger partial charge in [0.15, 0.2) is 0 Å². The Morgan fingerprint density at radius 3 is 2.85 bits per heavy atom. The van der Waals surface area contributed by atoms with Gasteiger partial charge in [0.2, 0.25) is 11.8 Å². The Balaban J connectivity index is 1.70. The van der Waals surface area contributed by atoms with Gasteiger partial charge in [0.25, 0.3) is 0 Å². The summed E-state index contributed by atoms with van der Waals surface area (Å²) in [6.45, 7) is 2.73. The van der Waals surface area contributed by atoms with Gasteiger partial charge in [-0.25, -0.2) is 0 Å². The van der Waals surface area contributed by atoms with Gasteiger partial charge in [-0.3, -0.25) is 9.59 Å². The van der Waals surface area contributed by atoms with E-state index in [4.69, 9.17) is 9.15 Å². The SMILES string of the molecule is O=C(C1CCC(=O)N1Cc1ccco1)N1CCOCC1. The van der Waals surface area contributed by atoms with Gasteiger partial charge >= 0.3 is 0 Å². The van der Waals surface area contributed by atoms with Gasteiger partial charge in [-0.2, -0.15) is 0 Å². The summed E-state index contributed by atoms with van der Waals surface area (Å²) in [5.41, 5.74) is 0. The third-order valence-corrected chi connectivity index (χ3v) is 3.84. The van der Waals surface area contributed by atoms with Crippen LogP contribution in [0, 0.1) is 0 Å². The van der Waals surface area contributed by atoms with E-state index >= 15 is 0 Å². The van der Waals surface area contributed by atoms with Crippen LogP contribution in [-0.2, 0) is 20.9 Å². The van der Waals surface area contributed by atoms with E-state index in [1.54, 1.807) is 22.1 Å². The van der Waals surface area contributed by atoms with Gasteiger partial charge in [-0.15, -0.1) is 0 Å². The molecule has 6 nitrogen and oxygen atoms in total. The lowest BCUT2D eigenvalue weighted by Gasteiger charge is -2.32. The fraction of sp³-hybridized carbons (Fsp3) is 0.571. The summed E-state index contributed by atoms with van der Waals surface area (Å²) < 4.78 is 10.5. The molecule has 20 heavy (non-hydrogen) atoms. The Morgan fingerprint density at radius 1 is 1.35 bits per heavy atom. The number of furan rings is 1. The van der Waals surface area contributed by atoms with Crippen molar-refractivity contribution < 1.29 is 18.7 Å². The number of ether oxygens (including phenoxy) is 1. The highest BCUT2D eigenvalue weighted by molar-refractivity contribution is 5.90. The molecule has 3 rings (SSSR count). The number of carbonyl (C=O) groups is 2. The van der Waals surface area contributed by atoms with Crippen LogP contribution in [0.2, 0.25) is 0 Å². The molecule has 1 atom stereocenters. The maximum atomic E-state index is 12.5. The molecule has 1 aromatic heterocycles. The fourth-order valence-corrected chi connectivity index (χ4v) is 2.75. The van der Waals surface area contributed by atoms with Crippen LogP contribution in [0.25, 0.3) is 0 Å². The van der Waals surface area contributed by atoms with E-state index in [0.29, 0.717) is 51.4 Å². The van der Waals surface area contributed by atoms with Crippen molar-refractivity contribution in [1.82, 2.24) is 9.80 Å². The molecule has 0 spiro atoms. The van der Waals surface area contributed by atoms with Crippen LogP contribution >= 0.6 is 0 Å². The molecule has 0 radical (unpaired) electrons. The van der Waals surface area contributed by atoms with Crippen LogP contribution < -0.4 is 0 Å². The summed E-state index contributed by atoms with van der Waals surface area (Å²) in [7, 11) is 0. The van der Waals surface area contributed by atoms with Crippen molar-refractivity contribution in [3.8, 4) is 0 Å². The van der Waals surface area contributed by atoms with E-state index in [9.17, 15) is 9.59 Å². The first kappa shape index (κ1) is 13.2. The van der Waals surface area contributed by atoms with Crippen molar-refractivity contribution in [3.63, 3.8) is 0 Å². The van der Waals surface area contributed by atoms with Crippen molar-refractivity contribution in [2.45, 2.75) is 25.4 Å². The number of morpholine rings is 1. The Hall–Kier alpha value is -1.82. The fourth-order valence-electron chi connectivity index (χ4n) is 2.75. The van der Waals surface area contributed by atoms with Crippen molar-refractivity contribution in [2.75, 3.05) is 26.3 Å². The second kappa shape index (κ2) is 5.66. The van der Waals surface area contributed by atoms with Crippen LogP contribution in [0.1, 0.15) is 18.6 Å². The maximum absolute atomic E-state index is 12.5. The molecule has 1 aromatic rings. The number of rotatable bonds is 3. The molecule has 6 heteroatoms. The predicted molar refractivity (Wildman–Crippen MR) is 69.7 cm³/mol. The highest BCUT2D eigenvalue weighted by Crippen LogP contribution is 2.23. The van der Waals surface area contributed by atoms with Crippen molar-refractivity contribution in [3.05, 3.63) is 24.2 Å². The molecule has 3 heterocycles. The van der Waals surface area contributed by atoms with E-state index < -0.39 is 0 Å². The smallest absolute Gasteiger partial charge is 0.245 e. The summed E-state index contributed by atoms with van der Waals surface area (Å²) in [5, 5.41) is 0. The Labute approximate surface area is 117 Å². The summed E-state index contributed by atoms with van der Waals surface area (Å²) in [6.07, 6.45) is 2.60. The molecular weight excluding hydrogens is 260 g/mol. The normalized spacial score (nSPS) is 23.4. The van der Waals surface area contributed by atoms with Crippen LogP contribution in [0.3, 0.4) is 0 Å². The number of likely N-dealkylation sites (tertiary alicyclic amines) is 1. The second-order valence-corrected chi connectivity index (χ2v) is 5.09. The molecule has 2 saturated heterocycles. The largest absolute Gasteiger partial charge is 0.467 e. The van der Waals surface area contributed by atoms with Crippen LogP contribution in [-0.4, -0.2) is 54.0 Å². The van der Waals surface area contributed by atoms with Crippen molar-refractivity contribution >= 4 is 11.8 Å². The summed E-state index contributed by atoms with van der Waals surface area (Å²) >= 11 is 0. The lowest BCUT2D eigenvalue weighted by molar-refractivity contribution is -0.144. The Morgan fingerprint density at radius 2 is 2.15 bits per heavy atom. The zero-order valence-corrected chi connectivity index (χ0v) is 11.3. The van der Waals surface area contributed by atoms with Gasteiger partial charge in [0.05, 0.1) is 26.0 Å². The zero-order chi connectivity index (χ0) is 13.9. The minimum absolute atomic E-state index is 0.0213. The summed E-state index contributed by atoms with van der Waals surface area (Å²) in [6, 6.07) is 3.25. The molecule has 2 fully saturated rings. The van der Waals surface area contributed by atoms with E-state index in [1.165, 1.54) is 0 Å².